The summed E-state index contributed by atoms with van der Waals surface area (Å²) in [5.74, 6) is 2.44. The minimum Gasteiger partial charge on any atom is -1.00 e. The highest BCUT2D eigenvalue weighted by molar-refractivity contribution is 5.70. The van der Waals surface area contributed by atoms with Crippen LogP contribution in [0, 0.1) is 0 Å². The van der Waals surface area contributed by atoms with E-state index in [9.17, 15) is 0 Å². The molecule has 0 amide bonds. The standard InChI is InChI=1S/C10H20N2O2.C9H18N2O2.4ClH/c1-13-9(11)7-5-3-4-6-8-10(12)14-2;1-12-8(10)6-4-3-5-7-9(11)13-2;;;;/h11-12H,3-8H2,1-2H3;10-11H,3-7H2,1-2H3;4*1H. The summed E-state index contributed by atoms with van der Waals surface area (Å²) < 4.78 is 19.4. The average molecular weight is 532 g/mol. The van der Waals surface area contributed by atoms with Gasteiger partial charge in [-0.3, -0.25) is 0 Å². The molecule has 0 aromatic heterocycles. The lowest BCUT2D eigenvalue weighted by Crippen LogP contribution is -3.00. The van der Waals surface area contributed by atoms with E-state index in [1.54, 1.807) is 28.4 Å². The van der Waals surface area contributed by atoms with Crippen LogP contribution in [0.2, 0.25) is 0 Å². The molecule has 0 bridgehead atoms. The summed E-state index contributed by atoms with van der Waals surface area (Å²) in [6.07, 6.45) is 11.0. The maximum atomic E-state index is 5.51. The number of hydrogen-bond acceptors (Lipinski definition) is 4. The van der Waals surface area contributed by atoms with Crippen LogP contribution in [0.5, 0.6) is 0 Å². The number of unbranched alkanes of at least 4 members (excludes halogenated alkanes) is 5. The number of rotatable bonds is 13. The molecule has 0 aliphatic heterocycles. The van der Waals surface area contributed by atoms with Crippen LogP contribution in [-0.2, 0) is 18.9 Å². The van der Waals surface area contributed by atoms with Crippen LogP contribution in [-0.4, -0.2) is 52.0 Å². The predicted molar refractivity (Wildman–Crippen MR) is 107 cm³/mol. The van der Waals surface area contributed by atoms with Crippen molar-refractivity contribution in [1.29, 1.82) is 0 Å². The molecule has 0 unspecified atom stereocenters. The molecule has 0 fully saturated rings. The smallest absolute Gasteiger partial charge is 0.332 e. The van der Waals surface area contributed by atoms with Crippen LogP contribution < -0.4 is 71.3 Å². The van der Waals surface area contributed by atoms with Crippen molar-refractivity contribution in [1.82, 2.24) is 0 Å². The summed E-state index contributed by atoms with van der Waals surface area (Å²) in [6.45, 7) is 0. The molecule has 31 heavy (non-hydrogen) atoms. The summed E-state index contributed by atoms with van der Waals surface area (Å²) >= 11 is 0. The monoisotopic (exact) mass is 530 g/mol. The van der Waals surface area contributed by atoms with Gasteiger partial charge in [0, 0.05) is 0 Å². The lowest BCUT2D eigenvalue weighted by atomic mass is 10.1. The molecule has 0 aromatic rings. The van der Waals surface area contributed by atoms with Crippen molar-refractivity contribution < 1.29 is 90.2 Å². The molecular weight excluding hydrogens is 490 g/mol. The van der Waals surface area contributed by atoms with Gasteiger partial charge in [0.25, 0.3) is 0 Å². The molecular formula is C19H42Cl4N4O4. The molecule has 0 rings (SSSR count). The second kappa shape index (κ2) is 33.7. The minimum absolute atomic E-state index is 0. The molecule has 0 aliphatic carbocycles. The number of ether oxygens (including phenoxy) is 4. The van der Waals surface area contributed by atoms with Gasteiger partial charge in [-0.05, 0) is 25.7 Å². The Morgan fingerprint density at radius 3 is 0.710 bits per heavy atom. The summed E-state index contributed by atoms with van der Waals surface area (Å²) in [4.78, 5) is 0. The van der Waals surface area contributed by atoms with Crippen molar-refractivity contribution in [3.63, 3.8) is 0 Å². The largest absolute Gasteiger partial charge is 1.00 e. The molecule has 0 saturated carbocycles. The first kappa shape index (κ1) is 43.8. The van der Waals surface area contributed by atoms with E-state index in [0.29, 0.717) is 23.6 Å². The second-order valence-electron chi connectivity index (χ2n) is 6.16. The Balaban J connectivity index is -0.0000000895. The van der Waals surface area contributed by atoms with Gasteiger partial charge in [0.2, 0.25) is 0 Å². The summed E-state index contributed by atoms with van der Waals surface area (Å²) in [7, 11) is 6.38. The fourth-order valence-corrected chi connectivity index (χ4v) is 2.14. The Morgan fingerprint density at radius 1 is 0.387 bits per heavy atom. The van der Waals surface area contributed by atoms with E-state index < -0.39 is 0 Å². The molecule has 0 saturated heterocycles. The zero-order valence-corrected chi connectivity index (χ0v) is 22.3. The fraction of sp³-hybridized carbons (Fsp3) is 0.789. The Bertz CT molecular complexity index is 407. The number of methoxy groups -OCH3 is 4. The van der Waals surface area contributed by atoms with Gasteiger partial charge < -0.3 is 68.6 Å². The Morgan fingerprint density at radius 2 is 0.548 bits per heavy atom. The lowest BCUT2D eigenvalue weighted by molar-refractivity contribution is -0.141. The van der Waals surface area contributed by atoms with E-state index in [1.807, 2.05) is 0 Å². The van der Waals surface area contributed by atoms with Gasteiger partial charge in [0.05, 0.1) is 54.1 Å². The van der Waals surface area contributed by atoms with Crippen LogP contribution in [0.25, 0.3) is 0 Å². The zero-order chi connectivity index (χ0) is 20.9. The molecule has 8 N–H and O–H groups in total. The van der Waals surface area contributed by atoms with E-state index in [2.05, 4.69) is 0 Å². The van der Waals surface area contributed by atoms with Crippen molar-refractivity contribution in [3.05, 3.63) is 0 Å². The first-order chi connectivity index (χ1) is 12.9. The first-order valence-electron chi connectivity index (χ1n) is 9.52. The SMILES string of the molecule is COC(=[NH2+])CCCCCC(=[NH2+])OC.COC(=[NH2+])CCCCCCC(=[NH2+])OC.[Cl-].[Cl-].[Cl-].[Cl-]. The normalized spacial score (nSPS) is 8.26. The Kier molecular flexibility index (Phi) is 47.6. The highest BCUT2D eigenvalue weighted by Gasteiger charge is 2.04. The molecule has 0 aromatic carbocycles. The van der Waals surface area contributed by atoms with Crippen molar-refractivity contribution in [3.8, 4) is 0 Å². The highest BCUT2D eigenvalue weighted by Crippen LogP contribution is 2.05. The van der Waals surface area contributed by atoms with Crippen LogP contribution in [0.3, 0.4) is 0 Å². The van der Waals surface area contributed by atoms with Crippen LogP contribution >= 0.6 is 0 Å². The van der Waals surface area contributed by atoms with E-state index in [-0.39, 0.29) is 49.6 Å². The molecule has 0 heterocycles. The third-order valence-electron chi connectivity index (χ3n) is 3.99. The summed E-state index contributed by atoms with van der Waals surface area (Å²) in [6, 6.07) is 0. The second-order valence-corrected chi connectivity index (χ2v) is 6.16. The maximum absolute atomic E-state index is 5.51. The third kappa shape index (κ3) is 36.7. The molecule has 0 radical (unpaired) electrons. The van der Waals surface area contributed by atoms with Crippen LogP contribution in [0.4, 0.5) is 0 Å². The lowest BCUT2D eigenvalue weighted by Gasteiger charge is -1.99. The van der Waals surface area contributed by atoms with Crippen LogP contribution in [0.15, 0.2) is 0 Å². The molecule has 8 nitrogen and oxygen atoms in total. The fourth-order valence-electron chi connectivity index (χ4n) is 2.14. The Labute approximate surface area is 212 Å². The van der Waals surface area contributed by atoms with Crippen molar-refractivity contribution in [2.45, 2.75) is 70.6 Å². The van der Waals surface area contributed by atoms with Crippen molar-refractivity contribution >= 4 is 23.6 Å². The van der Waals surface area contributed by atoms with E-state index >= 15 is 0 Å². The van der Waals surface area contributed by atoms with Gasteiger partial charge in [-0.15, -0.1) is 0 Å². The third-order valence-corrected chi connectivity index (χ3v) is 3.99. The van der Waals surface area contributed by atoms with Crippen LogP contribution in [0.1, 0.15) is 70.6 Å². The quantitative estimate of drug-likeness (QED) is 0.106. The maximum Gasteiger partial charge on any atom is 0.332 e. The van der Waals surface area contributed by atoms with Crippen molar-refractivity contribution in [2.75, 3.05) is 28.4 Å². The van der Waals surface area contributed by atoms with Crippen molar-refractivity contribution in [2.24, 2.45) is 0 Å². The molecule has 190 valence electrons. The molecule has 0 aliphatic rings. The van der Waals surface area contributed by atoms with Gasteiger partial charge >= 0.3 is 23.6 Å². The average Bonchev–Trinajstić information content (AvgIpc) is 2.69. The molecule has 0 spiro atoms. The summed E-state index contributed by atoms with van der Waals surface area (Å²) in [5.41, 5.74) is 0. The topological polar surface area (TPSA) is 139 Å². The predicted octanol–water partition coefficient (Wildman–Crippen LogP) is -14.5. The van der Waals surface area contributed by atoms with Gasteiger partial charge in [0.15, 0.2) is 0 Å². The highest BCUT2D eigenvalue weighted by atomic mass is 35.5. The van der Waals surface area contributed by atoms with Gasteiger partial charge in [-0.25, -0.2) is 21.6 Å². The number of nitrogens with two attached hydrogens (primary N) is 4. The summed E-state index contributed by atoms with van der Waals surface area (Å²) in [5, 5.41) is 22.0. The molecule has 0 atom stereocenters. The zero-order valence-electron chi connectivity index (χ0n) is 19.2. The van der Waals surface area contributed by atoms with E-state index in [1.165, 1.54) is 0 Å². The Hall–Kier alpha value is -0.960. The number of hydrogen-bond donors (Lipinski definition) is 4. The molecule has 12 heteroatoms. The van der Waals surface area contributed by atoms with E-state index in [0.717, 1.165) is 70.6 Å². The minimum atomic E-state index is 0. The van der Waals surface area contributed by atoms with Gasteiger partial charge in [-0.2, -0.15) is 0 Å². The van der Waals surface area contributed by atoms with E-state index in [4.69, 9.17) is 40.6 Å². The van der Waals surface area contributed by atoms with Gasteiger partial charge in [-0.1, -0.05) is 19.3 Å². The first-order valence-corrected chi connectivity index (χ1v) is 9.52. The number of halogens is 4. The van der Waals surface area contributed by atoms with Gasteiger partial charge in [0.1, 0.15) is 0 Å².